The van der Waals surface area contributed by atoms with E-state index in [1.54, 1.807) is 0 Å². The molecule has 0 aromatic carbocycles. The van der Waals surface area contributed by atoms with Gasteiger partial charge >= 0.3 is 0 Å². The summed E-state index contributed by atoms with van der Waals surface area (Å²) in [6.45, 7) is 16.0. The predicted molar refractivity (Wildman–Crippen MR) is 59.4 cm³/mol. The summed E-state index contributed by atoms with van der Waals surface area (Å²) in [6, 6.07) is 0. The first-order chi connectivity index (χ1) is 5.79. The van der Waals surface area contributed by atoms with Gasteiger partial charge in [0.05, 0.1) is 6.92 Å². The van der Waals surface area contributed by atoms with Crippen LogP contribution in [0, 0.1) is 29.6 Å². The Bertz CT molecular complexity index is 171. The van der Waals surface area contributed by atoms with Crippen molar-refractivity contribution < 1.29 is 0 Å². The average molecular weight is 181 g/mol. The van der Waals surface area contributed by atoms with Gasteiger partial charge in [-0.1, -0.05) is 20.8 Å². The zero-order valence-corrected chi connectivity index (χ0v) is 9.98. The molecule has 0 aromatic heterocycles. The Morgan fingerprint density at radius 3 is 2.08 bits per heavy atom. The smallest absolute Gasteiger partial charge is 0.0649 e. The van der Waals surface area contributed by atoms with E-state index in [4.69, 9.17) is 0 Å². The van der Waals surface area contributed by atoms with Crippen LogP contribution in [0.4, 0.5) is 0 Å². The van der Waals surface area contributed by atoms with Crippen molar-refractivity contribution in [2.24, 2.45) is 22.7 Å². The third-order valence-electron chi connectivity index (χ3n) is 4.03. The fourth-order valence-electron chi connectivity index (χ4n) is 3.02. The molecular weight excluding hydrogens is 156 g/mol. The molecule has 1 fully saturated rings. The van der Waals surface area contributed by atoms with Gasteiger partial charge in [0.2, 0.25) is 0 Å². The highest BCUT2D eigenvalue weighted by Crippen LogP contribution is 2.54. The van der Waals surface area contributed by atoms with Gasteiger partial charge in [0.15, 0.2) is 0 Å². The average Bonchev–Trinajstić information content (AvgIpc) is 1.95. The highest BCUT2D eigenvalue weighted by molar-refractivity contribution is 4.97. The Labute approximate surface area is 84.1 Å². The van der Waals surface area contributed by atoms with E-state index >= 15 is 0 Å². The van der Waals surface area contributed by atoms with Gasteiger partial charge in [0.1, 0.15) is 5.41 Å². The standard InChI is InChI=1S/C13H25/c1-7-10(12(2,3)4)11-8-9-13(11,5)6/h10-11H,2,7-9H2,1,3-6H3/q+1. The molecule has 0 aromatic rings. The molecule has 0 spiro atoms. The van der Waals surface area contributed by atoms with Crippen LogP contribution in [0.2, 0.25) is 0 Å². The molecular formula is C13H25+. The van der Waals surface area contributed by atoms with Crippen molar-refractivity contribution in [1.82, 2.24) is 0 Å². The zero-order chi connectivity index (χ0) is 10.3. The highest BCUT2D eigenvalue weighted by Gasteiger charge is 2.48. The van der Waals surface area contributed by atoms with Crippen LogP contribution in [0.5, 0.6) is 0 Å². The van der Waals surface area contributed by atoms with E-state index in [0.717, 1.165) is 11.8 Å². The molecule has 1 aliphatic rings. The number of rotatable bonds is 3. The molecule has 1 saturated carbocycles. The third-order valence-corrected chi connectivity index (χ3v) is 4.03. The molecule has 13 heavy (non-hydrogen) atoms. The van der Waals surface area contributed by atoms with E-state index < -0.39 is 0 Å². The summed E-state index contributed by atoms with van der Waals surface area (Å²) in [5.41, 5.74) is 0.826. The van der Waals surface area contributed by atoms with Crippen molar-refractivity contribution in [3.63, 3.8) is 0 Å². The first kappa shape index (κ1) is 10.9. The van der Waals surface area contributed by atoms with Crippen molar-refractivity contribution >= 4 is 0 Å². The summed E-state index contributed by atoms with van der Waals surface area (Å²) >= 11 is 0. The lowest BCUT2D eigenvalue weighted by molar-refractivity contribution is -0.0193. The molecule has 76 valence electrons. The van der Waals surface area contributed by atoms with Crippen molar-refractivity contribution in [2.75, 3.05) is 0 Å². The van der Waals surface area contributed by atoms with E-state index in [2.05, 4.69) is 41.5 Å². The van der Waals surface area contributed by atoms with Crippen molar-refractivity contribution in [1.29, 1.82) is 0 Å². The second-order valence-corrected chi connectivity index (χ2v) is 6.14. The van der Waals surface area contributed by atoms with E-state index in [-0.39, 0.29) is 5.41 Å². The maximum absolute atomic E-state index is 4.31. The molecule has 2 unspecified atom stereocenters. The molecule has 0 heterocycles. The summed E-state index contributed by atoms with van der Waals surface area (Å²) in [5, 5.41) is 0. The highest BCUT2D eigenvalue weighted by atomic mass is 14.5. The van der Waals surface area contributed by atoms with E-state index in [1.807, 2.05) is 0 Å². The lowest BCUT2D eigenvalue weighted by Crippen LogP contribution is -2.44. The predicted octanol–water partition coefficient (Wildman–Crippen LogP) is 4.31. The molecule has 0 nitrogen and oxygen atoms in total. The third kappa shape index (κ3) is 2.03. The first-order valence-electron chi connectivity index (χ1n) is 5.64. The molecule has 0 radical (unpaired) electrons. The fraction of sp³-hybridized carbons (Fsp3) is 0.923. The summed E-state index contributed by atoms with van der Waals surface area (Å²) in [5.74, 6) is 1.71. The Morgan fingerprint density at radius 1 is 1.46 bits per heavy atom. The minimum absolute atomic E-state index is 0.247. The normalized spacial score (nSPS) is 29.5. The Morgan fingerprint density at radius 2 is 2.00 bits per heavy atom. The maximum atomic E-state index is 4.31. The minimum atomic E-state index is 0.247. The Kier molecular flexibility index (Phi) is 2.71. The van der Waals surface area contributed by atoms with Crippen LogP contribution in [0.15, 0.2) is 0 Å². The topological polar surface area (TPSA) is 0 Å². The quantitative estimate of drug-likeness (QED) is 0.569. The lowest BCUT2D eigenvalue weighted by atomic mass is 9.53. The van der Waals surface area contributed by atoms with Crippen LogP contribution in [-0.2, 0) is 0 Å². The van der Waals surface area contributed by atoms with Crippen LogP contribution < -0.4 is 0 Å². The van der Waals surface area contributed by atoms with Gasteiger partial charge in [-0.2, -0.15) is 0 Å². The van der Waals surface area contributed by atoms with Crippen molar-refractivity contribution in [3.8, 4) is 0 Å². The SMILES string of the molecule is [CH2+]C(C)(C)C(CC)C1CCC1(C)C. The van der Waals surface area contributed by atoms with E-state index in [0.29, 0.717) is 5.41 Å². The monoisotopic (exact) mass is 181 g/mol. The Hall–Kier alpha value is -0.130. The van der Waals surface area contributed by atoms with Gasteiger partial charge in [0, 0.05) is 5.92 Å². The molecule has 1 aliphatic carbocycles. The second-order valence-electron chi connectivity index (χ2n) is 6.14. The maximum Gasteiger partial charge on any atom is 0.103 e. The van der Waals surface area contributed by atoms with E-state index in [1.165, 1.54) is 19.3 Å². The molecule has 0 saturated heterocycles. The van der Waals surface area contributed by atoms with Gasteiger partial charge in [-0.05, 0) is 44.4 Å². The fourth-order valence-corrected chi connectivity index (χ4v) is 3.02. The minimum Gasteiger partial charge on any atom is -0.0649 e. The number of hydrogen-bond donors (Lipinski definition) is 0. The van der Waals surface area contributed by atoms with E-state index in [9.17, 15) is 0 Å². The second kappa shape index (κ2) is 3.22. The summed E-state index contributed by atoms with van der Waals surface area (Å²) in [7, 11) is 0. The van der Waals surface area contributed by atoms with Crippen LogP contribution in [0.3, 0.4) is 0 Å². The summed E-state index contributed by atoms with van der Waals surface area (Å²) < 4.78 is 0. The summed E-state index contributed by atoms with van der Waals surface area (Å²) in [4.78, 5) is 0. The molecule has 0 N–H and O–H groups in total. The van der Waals surface area contributed by atoms with Crippen LogP contribution in [0.1, 0.15) is 53.9 Å². The van der Waals surface area contributed by atoms with Gasteiger partial charge in [-0.25, -0.2) is 0 Å². The Balaban J connectivity index is 2.69. The zero-order valence-electron chi connectivity index (χ0n) is 9.98. The van der Waals surface area contributed by atoms with Gasteiger partial charge in [0.25, 0.3) is 0 Å². The number of hydrogen-bond acceptors (Lipinski definition) is 0. The van der Waals surface area contributed by atoms with Crippen molar-refractivity contribution in [3.05, 3.63) is 6.92 Å². The molecule has 0 heteroatoms. The molecule has 0 bridgehead atoms. The van der Waals surface area contributed by atoms with Gasteiger partial charge < -0.3 is 0 Å². The largest absolute Gasteiger partial charge is 0.103 e. The van der Waals surface area contributed by atoms with Crippen molar-refractivity contribution in [2.45, 2.75) is 53.9 Å². The summed E-state index contributed by atoms with van der Waals surface area (Å²) in [6.07, 6.45) is 4.11. The first-order valence-corrected chi connectivity index (χ1v) is 5.64. The molecule has 2 atom stereocenters. The lowest BCUT2D eigenvalue weighted by Gasteiger charge is -2.50. The molecule has 1 rings (SSSR count). The van der Waals surface area contributed by atoms with Crippen LogP contribution in [0.25, 0.3) is 0 Å². The molecule has 0 amide bonds. The van der Waals surface area contributed by atoms with Crippen LogP contribution >= 0.6 is 0 Å². The van der Waals surface area contributed by atoms with Crippen LogP contribution in [-0.4, -0.2) is 0 Å². The van der Waals surface area contributed by atoms with Gasteiger partial charge in [-0.3, -0.25) is 0 Å². The molecule has 0 aliphatic heterocycles. The van der Waals surface area contributed by atoms with Gasteiger partial charge in [-0.15, -0.1) is 0 Å².